The Morgan fingerprint density at radius 3 is 2.21 bits per heavy atom. The molecule has 0 heterocycles. The molecule has 1 fully saturated rings. The lowest BCUT2D eigenvalue weighted by Crippen LogP contribution is -2.32. The van der Waals surface area contributed by atoms with Gasteiger partial charge in [-0.15, -0.1) is 0 Å². The third-order valence-electron chi connectivity index (χ3n) is 4.76. The molecule has 0 aliphatic heterocycles. The predicted molar refractivity (Wildman–Crippen MR) is 88.1 cm³/mol. The van der Waals surface area contributed by atoms with Crippen LogP contribution in [0.25, 0.3) is 0 Å². The standard InChI is InChI=1S/C18H30O6/c1-5-13-9-7-8-10-14(13)24-16(20)12-22-15(19)11-23-17(21)18(3,4)6-2/h13-14H,5-12H2,1-4H3. The number of carbonyl (C=O) groups excluding carboxylic acids is 3. The zero-order chi connectivity index (χ0) is 18.2. The second kappa shape index (κ2) is 9.64. The molecule has 1 rings (SSSR count). The van der Waals surface area contributed by atoms with Crippen molar-refractivity contribution in [3.63, 3.8) is 0 Å². The molecular formula is C18H30O6. The first-order valence-electron chi connectivity index (χ1n) is 8.82. The molecule has 0 amide bonds. The fourth-order valence-electron chi connectivity index (χ4n) is 2.64. The van der Waals surface area contributed by atoms with Crippen molar-refractivity contribution in [2.24, 2.45) is 11.3 Å². The van der Waals surface area contributed by atoms with Crippen molar-refractivity contribution < 1.29 is 28.6 Å². The van der Waals surface area contributed by atoms with Crippen molar-refractivity contribution in [2.75, 3.05) is 13.2 Å². The summed E-state index contributed by atoms with van der Waals surface area (Å²) in [6.07, 6.45) is 5.64. The van der Waals surface area contributed by atoms with Crippen LogP contribution in [0.2, 0.25) is 0 Å². The molecule has 1 aliphatic carbocycles. The smallest absolute Gasteiger partial charge is 0.344 e. The van der Waals surface area contributed by atoms with E-state index in [0.29, 0.717) is 12.3 Å². The topological polar surface area (TPSA) is 78.9 Å². The predicted octanol–water partition coefficient (Wildman–Crippen LogP) is 3.02. The summed E-state index contributed by atoms with van der Waals surface area (Å²) >= 11 is 0. The van der Waals surface area contributed by atoms with Gasteiger partial charge in [0, 0.05) is 0 Å². The summed E-state index contributed by atoms with van der Waals surface area (Å²) in [6, 6.07) is 0. The van der Waals surface area contributed by atoms with Gasteiger partial charge in [0.05, 0.1) is 5.41 Å². The van der Waals surface area contributed by atoms with Crippen molar-refractivity contribution in [3.8, 4) is 0 Å². The first-order chi connectivity index (χ1) is 11.3. The average molecular weight is 342 g/mol. The Bertz CT molecular complexity index is 443. The number of hydrogen-bond donors (Lipinski definition) is 0. The molecule has 6 heteroatoms. The molecule has 0 spiro atoms. The Morgan fingerprint density at radius 1 is 0.958 bits per heavy atom. The number of carbonyl (C=O) groups is 3. The van der Waals surface area contributed by atoms with Gasteiger partial charge in [0.1, 0.15) is 6.10 Å². The lowest BCUT2D eigenvalue weighted by molar-refractivity contribution is -0.171. The molecule has 0 aromatic carbocycles. The summed E-state index contributed by atoms with van der Waals surface area (Å²) in [6.45, 7) is 6.50. The van der Waals surface area contributed by atoms with Crippen LogP contribution in [-0.2, 0) is 28.6 Å². The van der Waals surface area contributed by atoms with E-state index in [2.05, 4.69) is 6.92 Å². The summed E-state index contributed by atoms with van der Waals surface area (Å²) < 4.78 is 15.1. The molecular weight excluding hydrogens is 312 g/mol. The molecule has 0 aromatic heterocycles. The van der Waals surface area contributed by atoms with Gasteiger partial charge in [0.15, 0.2) is 13.2 Å². The summed E-state index contributed by atoms with van der Waals surface area (Å²) in [4.78, 5) is 35.1. The van der Waals surface area contributed by atoms with Crippen LogP contribution in [0.4, 0.5) is 0 Å². The lowest BCUT2D eigenvalue weighted by Gasteiger charge is -2.30. The molecule has 24 heavy (non-hydrogen) atoms. The van der Waals surface area contributed by atoms with Crippen LogP contribution in [0.3, 0.4) is 0 Å². The van der Waals surface area contributed by atoms with Crippen molar-refractivity contribution in [2.45, 2.75) is 72.3 Å². The Morgan fingerprint density at radius 2 is 1.58 bits per heavy atom. The van der Waals surface area contributed by atoms with Gasteiger partial charge in [-0.3, -0.25) is 4.79 Å². The summed E-state index contributed by atoms with van der Waals surface area (Å²) in [5.41, 5.74) is -0.643. The van der Waals surface area contributed by atoms with Crippen LogP contribution >= 0.6 is 0 Å². The monoisotopic (exact) mass is 342 g/mol. The van der Waals surface area contributed by atoms with Crippen molar-refractivity contribution in [1.82, 2.24) is 0 Å². The van der Waals surface area contributed by atoms with E-state index >= 15 is 0 Å². The zero-order valence-electron chi connectivity index (χ0n) is 15.3. The second-order valence-electron chi connectivity index (χ2n) is 6.96. The Hall–Kier alpha value is -1.59. The molecule has 0 N–H and O–H groups in total. The van der Waals surface area contributed by atoms with E-state index in [1.54, 1.807) is 13.8 Å². The lowest BCUT2D eigenvalue weighted by atomic mass is 9.85. The van der Waals surface area contributed by atoms with Crippen LogP contribution < -0.4 is 0 Å². The Balaban J connectivity index is 2.28. The van der Waals surface area contributed by atoms with Gasteiger partial charge in [-0.05, 0) is 51.9 Å². The van der Waals surface area contributed by atoms with Crippen LogP contribution in [0.5, 0.6) is 0 Å². The minimum atomic E-state index is -0.747. The van der Waals surface area contributed by atoms with Crippen LogP contribution in [0.15, 0.2) is 0 Å². The molecule has 2 unspecified atom stereocenters. The fourth-order valence-corrected chi connectivity index (χ4v) is 2.64. The fraction of sp³-hybridized carbons (Fsp3) is 0.833. The van der Waals surface area contributed by atoms with Crippen LogP contribution in [0, 0.1) is 11.3 Å². The van der Waals surface area contributed by atoms with Gasteiger partial charge in [0.25, 0.3) is 0 Å². The maximum atomic E-state index is 11.8. The van der Waals surface area contributed by atoms with Crippen LogP contribution in [-0.4, -0.2) is 37.2 Å². The average Bonchev–Trinajstić information content (AvgIpc) is 2.58. The molecule has 0 radical (unpaired) electrons. The number of ether oxygens (including phenoxy) is 3. The van der Waals surface area contributed by atoms with Gasteiger partial charge in [0.2, 0.25) is 0 Å². The first-order valence-corrected chi connectivity index (χ1v) is 8.82. The summed E-state index contributed by atoms with van der Waals surface area (Å²) in [5.74, 6) is -1.37. The summed E-state index contributed by atoms with van der Waals surface area (Å²) in [7, 11) is 0. The van der Waals surface area contributed by atoms with Gasteiger partial charge in [-0.25, -0.2) is 9.59 Å². The molecule has 1 aliphatic rings. The van der Waals surface area contributed by atoms with E-state index in [1.165, 1.54) is 6.42 Å². The van der Waals surface area contributed by atoms with Gasteiger partial charge >= 0.3 is 17.9 Å². The van der Waals surface area contributed by atoms with Crippen molar-refractivity contribution >= 4 is 17.9 Å². The molecule has 2 atom stereocenters. The third-order valence-corrected chi connectivity index (χ3v) is 4.76. The number of esters is 3. The summed E-state index contributed by atoms with van der Waals surface area (Å²) in [5, 5.41) is 0. The van der Waals surface area contributed by atoms with Crippen molar-refractivity contribution in [1.29, 1.82) is 0 Å². The molecule has 1 saturated carbocycles. The highest BCUT2D eigenvalue weighted by atomic mass is 16.6. The molecule has 6 nitrogen and oxygen atoms in total. The Labute approximate surface area is 144 Å². The first kappa shape index (κ1) is 20.5. The molecule has 0 aromatic rings. The van der Waals surface area contributed by atoms with Crippen molar-refractivity contribution in [3.05, 3.63) is 0 Å². The normalized spacial score (nSPS) is 21.0. The van der Waals surface area contributed by atoms with Gasteiger partial charge in [-0.1, -0.05) is 20.3 Å². The molecule has 0 saturated heterocycles. The third kappa shape index (κ3) is 6.49. The second-order valence-corrected chi connectivity index (χ2v) is 6.96. The van der Waals surface area contributed by atoms with Gasteiger partial charge < -0.3 is 14.2 Å². The SMILES string of the molecule is CCC1CCCCC1OC(=O)COC(=O)COC(=O)C(C)(C)CC. The van der Waals surface area contributed by atoms with E-state index in [0.717, 1.165) is 25.7 Å². The minimum Gasteiger partial charge on any atom is -0.460 e. The maximum Gasteiger partial charge on any atom is 0.344 e. The zero-order valence-corrected chi connectivity index (χ0v) is 15.3. The minimum absolute atomic E-state index is 0.0851. The maximum absolute atomic E-state index is 11.8. The van der Waals surface area contributed by atoms with Crippen LogP contribution in [0.1, 0.15) is 66.2 Å². The van der Waals surface area contributed by atoms with E-state index in [4.69, 9.17) is 14.2 Å². The molecule has 0 bridgehead atoms. The molecule has 138 valence electrons. The van der Waals surface area contributed by atoms with E-state index in [-0.39, 0.29) is 6.10 Å². The van der Waals surface area contributed by atoms with E-state index in [9.17, 15) is 14.4 Å². The highest BCUT2D eigenvalue weighted by molar-refractivity contribution is 5.81. The van der Waals surface area contributed by atoms with E-state index < -0.39 is 36.5 Å². The largest absolute Gasteiger partial charge is 0.460 e. The highest BCUT2D eigenvalue weighted by Crippen LogP contribution is 2.29. The number of rotatable bonds is 8. The Kier molecular flexibility index (Phi) is 8.22. The number of hydrogen-bond acceptors (Lipinski definition) is 6. The quantitative estimate of drug-likeness (QED) is 0.498. The van der Waals surface area contributed by atoms with Gasteiger partial charge in [-0.2, -0.15) is 0 Å². The van der Waals surface area contributed by atoms with E-state index in [1.807, 2.05) is 6.92 Å². The highest BCUT2D eigenvalue weighted by Gasteiger charge is 2.29.